The van der Waals surface area contributed by atoms with E-state index in [2.05, 4.69) is 44.8 Å². The molecule has 1 saturated heterocycles. The minimum absolute atomic E-state index is 0.624. The number of rotatable bonds is 5. The van der Waals surface area contributed by atoms with E-state index in [0.29, 0.717) is 17.4 Å². The molecule has 0 amide bonds. The van der Waals surface area contributed by atoms with Crippen LogP contribution in [-0.2, 0) is 0 Å². The Labute approximate surface area is 118 Å². The average molecular weight is 251 g/mol. The number of nitrogens with one attached hydrogen (secondary N) is 1. The summed E-state index contributed by atoms with van der Waals surface area (Å²) < 4.78 is 0. The van der Waals surface area contributed by atoms with Crippen LogP contribution >= 0.6 is 0 Å². The largest absolute Gasteiger partial charge is 0.311 e. The molecule has 2 radical (unpaired) electrons. The van der Waals surface area contributed by atoms with Crippen LogP contribution in [0.1, 0.15) is 37.0 Å². The molecule has 1 heterocycles. The van der Waals surface area contributed by atoms with Crippen molar-refractivity contribution in [3.63, 3.8) is 0 Å². The second kappa shape index (κ2) is 5.79. The first-order chi connectivity index (χ1) is 9.04. The summed E-state index contributed by atoms with van der Waals surface area (Å²) in [5.41, 5.74) is 5.58. The maximum atomic E-state index is 5.90. The monoisotopic (exact) mass is 251 g/mol. The Kier molecular flexibility index (Phi) is 4.31. The first-order valence-electron chi connectivity index (χ1n) is 7.00. The molecule has 1 aromatic rings. The van der Waals surface area contributed by atoms with Crippen LogP contribution in [0.15, 0.2) is 30.4 Å². The Hall–Kier alpha value is -1.28. The van der Waals surface area contributed by atoms with Crippen molar-refractivity contribution in [1.29, 1.82) is 0 Å². The highest BCUT2D eigenvalue weighted by molar-refractivity contribution is 6.42. The summed E-state index contributed by atoms with van der Waals surface area (Å²) >= 11 is 0. The van der Waals surface area contributed by atoms with Crippen LogP contribution in [0.25, 0.3) is 11.5 Å². The summed E-state index contributed by atoms with van der Waals surface area (Å²) in [6.07, 6.45) is 3.46. The van der Waals surface area contributed by atoms with E-state index in [4.69, 9.17) is 7.85 Å². The van der Waals surface area contributed by atoms with Gasteiger partial charge in [0.15, 0.2) is 0 Å². The predicted molar refractivity (Wildman–Crippen MR) is 85.2 cm³/mol. The van der Waals surface area contributed by atoms with Gasteiger partial charge >= 0.3 is 0 Å². The van der Waals surface area contributed by atoms with E-state index in [0.717, 1.165) is 12.1 Å². The third-order valence-corrected chi connectivity index (χ3v) is 3.99. The lowest BCUT2D eigenvalue weighted by molar-refractivity contribution is 0.581. The van der Waals surface area contributed by atoms with Gasteiger partial charge in [-0.15, -0.1) is 6.58 Å². The van der Waals surface area contributed by atoms with Crippen LogP contribution in [0.5, 0.6) is 0 Å². The summed E-state index contributed by atoms with van der Waals surface area (Å²) in [7, 11) is 5.90. The Morgan fingerprint density at radius 3 is 2.79 bits per heavy atom. The first kappa shape index (κ1) is 14.1. The zero-order chi connectivity index (χ0) is 14.0. The Bertz CT molecular complexity index is 512. The smallest absolute Gasteiger partial charge is 0.113 e. The fourth-order valence-electron chi connectivity index (χ4n) is 2.76. The van der Waals surface area contributed by atoms with Gasteiger partial charge in [-0.05, 0) is 42.9 Å². The van der Waals surface area contributed by atoms with Crippen LogP contribution in [-0.4, -0.2) is 20.4 Å². The minimum atomic E-state index is 0.624. The Morgan fingerprint density at radius 1 is 1.58 bits per heavy atom. The fraction of sp³-hybridized carbons (Fsp3) is 0.412. The van der Waals surface area contributed by atoms with Gasteiger partial charge in [-0.3, -0.25) is 0 Å². The van der Waals surface area contributed by atoms with Crippen molar-refractivity contribution < 1.29 is 0 Å². The molecule has 2 heteroatoms. The van der Waals surface area contributed by atoms with Crippen molar-refractivity contribution in [2.75, 3.05) is 6.54 Å². The van der Waals surface area contributed by atoms with E-state index in [-0.39, 0.29) is 0 Å². The molecular formula is C17H22BN. The van der Waals surface area contributed by atoms with Crippen molar-refractivity contribution in [3.05, 3.63) is 47.0 Å². The molecule has 1 aromatic carbocycles. The van der Waals surface area contributed by atoms with Gasteiger partial charge in [-0.2, -0.15) is 0 Å². The predicted octanol–water partition coefficient (Wildman–Crippen LogP) is 3.54. The topological polar surface area (TPSA) is 21.9 Å². The fourth-order valence-corrected chi connectivity index (χ4v) is 2.76. The van der Waals surface area contributed by atoms with Crippen molar-refractivity contribution in [1.82, 2.24) is 5.32 Å². The van der Waals surface area contributed by atoms with Gasteiger partial charge in [0, 0.05) is 12.6 Å². The summed E-state index contributed by atoms with van der Waals surface area (Å²) in [5, 5.41) is 3.42. The van der Waals surface area contributed by atoms with E-state index >= 15 is 0 Å². The van der Waals surface area contributed by atoms with Gasteiger partial charge in [0.2, 0.25) is 0 Å². The van der Waals surface area contributed by atoms with E-state index < -0.39 is 0 Å². The van der Waals surface area contributed by atoms with Crippen LogP contribution in [0.2, 0.25) is 0 Å². The van der Waals surface area contributed by atoms with Gasteiger partial charge in [-0.1, -0.05) is 42.2 Å². The van der Waals surface area contributed by atoms with Crippen molar-refractivity contribution >= 4 is 19.4 Å². The van der Waals surface area contributed by atoms with Gasteiger partial charge < -0.3 is 5.32 Å². The standard InChI is InChI=1S/C17H22BN/c1-5-14(17-10-19-17)12(3)9-16-11(2)7-6-8-15(16)13(4)18/h6-9,14,17,19H,4-5,10H2,1-3H3/b12-9+. The number of hydrogen-bond acceptors (Lipinski definition) is 1. The molecule has 1 fully saturated rings. The molecule has 0 aliphatic carbocycles. The molecule has 0 aromatic heterocycles. The van der Waals surface area contributed by atoms with E-state index in [1.165, 1.54) is 23.1 Å². The summed E-state index contributed by atoms with van der Waals surface area (Å²) in [6.45, 7) is 11.6. The van der Waals surface area contributed by atoms with E-state index in [1.54, 1.807) is 0 Å². The van der Waals surface area contributed by atoms with Gasteiger partial charge in [0.25, 0.3) is 0 Å². The number of hydrogen-bond donors (Lipinski definition) is 1. The molecule has 2 unspecified atom stereocenters. The second-order valence-electron chi connectivity index (χ2n) is 5.48. The number of benzene rings is 1. The highest BCUT2D eigenvalue weighted by Gasteiger charge is 2.30. The maximum Gasteiger partial charge on any atom is 0.113 e. The lowest BCUT2D eigenvalue weighted by Crippen LogP contribution is -2.11. The molecule has 1 nitrogen and oxygen atoms in total. The van der Waals surface area contributed by atoms with Crippen LogP contribution in [0.4, 0.5) is 0 Å². The van der Waals surface area contributed by atoms with E-state index in [9.17, 15) is 0 Å². The molecule has 1 aliphatic heterocycles. The third-order valence-electron chi connectivity index (χ3n) is 3.99. The molecular weight excluding hydrogens is 229 g/mol. The van der Waals surface area contributed by atoms with E-state index in [1.807, 2.05) is 12.1 Å². The lowest BCUT2D eigenvalue weighted by atomic mass is 9.84. The molecule has 0 spiro atoms. The average Bonchev–Trinajstić information content (AvgIpc) is 3.17. The van der Waals surface area contributed by atoms with Crippen LogP contribution in [0.3, 0.4) is 0 Å². The van der Waals surface area contributed by atoms with Gasteiger partial charge in [0.05, 0.1) is 0 Å². The minimum Gasteiger partial charge on any atom is -0.311 e. The summed E-state index contributed by atoms with van der Waals surface area (Å²) in [4.78, 5) is 0. The Balaban J connectivity index is 2.38. The molecule has 1 aliphatic rings. The third kappa shape index (κ3) is 3.19. The first-order valence-corrected chi connectivity index (χ1v) is 7.00. The number of aryl methyl sites for hydroxylation is 1. The van der Waals surface area contributed by atoms with Gasteiger partial charge in [0.1, 0.15) is 7.85 Å². The zero-order valence-corrected chi connectivity index (χ0v) is 12.2. The SMILES string of the molecule is [B]C(=C)c1cccc(C)c1/C=C(\C)C(CC)C1CN1. The molecule has 98 valence electrons. The molecule has 1 N–H and O–H groups in total. The highest BCUT2D eigenvalue weighted by atomic mass is 15.1. The molecule has 2 rings (SSSR count). The van der Waals surface area contributed by atoms with Gasteiger partial charge in [-0.25, -0.2) is 0 Å². The van der Waals surface area contributed by atoms with Crippen LogP contribution in [0, 0.1) is 12.8 Å². The molecule has 0 saturated carbocycles. The summed E-state index contributed by atoms with van der Waals surface area (Å²) in [6, 6.07) is 6.87. The van der Waals surface area contributed by atoms with Crippen molar-refractivity contribution in [2.24, 2.45) is 5.92 Å². The van der Waals surface area contributed by atoms with Crippen molar-refractivity contribution in [3.8, 4) is 0 Å². The zero-order valence-electron chi connectivity index (χ0n) is 12.2. The highest BCUT2D eigenvalue weighted by Crippen LogP contribution is 2.29. The molecule has 0 bridgehead atoms. The second-order valence-corrected chi connectivity index (χ2v) is 5.48. The summed E-state index contributed by atoms with van der Waals surface area (Å²) in [5.74, 6) is 0.624. The molecule has 19 heavy (non-hydrogen) atoms. The normalized spacial score (nSPS) is 20.2. The lowest BCUT2D eigenvalue weighted by Gasteiger charge is -2.16. The quantitative estimate of drug-likeness (QED) is 0.627. The molecule has 2 atom stereocenters. The Morgan fingerprint density at radius 2 is 2.26 bits per heavy atom. The van der Waals surface area contributed by atoms with Crippen molar-refractivity contribution in [2.45, 2.75) is 33.2 Å². The maximum absolute atomic E-state index is 5.90. The van der Waals surface area contributed by atoms with Crippen LogP contribution < -0.4 is 5.32 Å².